The van der Waals surface area contributed by atoms with Gasteiger partial charge in [-0.1, -0.05) is 28.1 Å². The van der Waals surface area contributed by atoms with E-state index in [0.717, 1.165) is 15.8 Å². The van der Waals surface area contributed by atoms with E-state index < -0.39 is 0 Å². The van der Waals surface area contributed by atoms with Crippen LogP contribution in [0.25, 0.3) is 0 Å². The summed E-state index contributed by atoms with van der Waals surface area (Å²) in [7, 11) is 0. The zero-order valence-corrected chi connectivity index (χ0v) is 9.72. The number of benzene rings is 1. The van der Waals surface area contributed by atoms with Crippen molar-refractivity contribution in [2.75, 3.05) is 0 Å². The monoisotopic (exact) mass is 269 g/mol. The van der Waals surface area contributed by atoms with E-state index in [1.165, 1.54) is 11.5 Å². The second-order valence-corrected chi connectivity index (χ2v) is 4.35. The summed E-state index contributed by atoms with van der Waals surface area (Å²) in [6, 6.07) is 8.07. The van der Waals surface area contributed by atoms with Crippen LogP contribution in [-0.4, -0.2) is 4.37 Å². The van der Waals surface area contributed by atoms with Crippen LogP contribution < -0.4 is 4.74 Å². The van der Waals surface area contributed by atoms with E-state index in [-0.39, 0.29) is 0 Å². The van der Waals surface area contributed by atoms with Gasteiger partial charge in [0.15, 0.2) is 5.75 Å². The molecular formula is C10H8BrNOS. The number of ether oxygens (including phenoxy) is 1. The molecule has 0 aliphatic carbocycles. The first-order valence-corrected chi connectivity index (χ1v) is 5.74. The van der Waals surface area contributed by atoms with Crippen molar-refractivity contribution in [3.8, 4) is 5.75 Å². The largest absolute Gasteiger partial charge is 0.486 e. The molecule has 0 aliphatic rings. The van der Waals surface area contributed by atoms with Gasteiger partial charge in [-0.15, -0.1) is 0 Å². The van der Waals surface area contributed by atoms with Gasteiger partial charge in [0.1, 0.15) is 6.61 Å². The average molecular weight is 270 g/mol. The lowest BCUT2D eigenvalue weighted by Gasteiger charge is -2.02. The Balaban J connectivity index is 1.95. The molecule has 4 heteroatoms. The molecule has 0 atom stereocenters. The Kier molecular flexibility index (Phi) is 3.16. The van der Waals surface area contributed by atoms with E-state index in [1.807, 2.05) is 29.6 Å². The van der Waals surface area contributed by atoms with E-state index in [9.17, 15) is 0 Å². The summed E-state index contributed by atoms with van der Waals surface area (Å²) >= 11 is 4.78. The van der Waals surface area contributed by atoms with Crippen molar-refractivity contribution < 1.29 is 4.74 Å². The molecule has 1 heterocycles. The Morgan fingerprint density at radius 1 is 1.29 bits per heavy atom. The van der Waals surface area contributed by atoms with Gasteiger partial charge >= 0.3 is 0 Å². The predicted octanol–water partition coefficient (Wildman–Crippen LogP) is 3.48. The second-order valence-electron chi connectivity index (χ2n) is 2.78. The molecule has 0 spiro atoms. The van der Waals surface area contributed by atoms with Crippen molar-refractivity contribution in [1.29, 1.82) is 0 Å². The van der Waals surface area contributed by atoms with E-state index in [4.69, 9.17) is 4.74 Å². The van der Waals surface area contributed by atoms with Crippen molar-refractivity contribution in [3.05, 3.63) is 45.9 Å². The molecule has 0 aliphatic heterocycles. The normalized spacial score (nSPS) is 10.1. The van der Waals surface area contributed by atoms with Gasteiger partial charge in [-0.05, 0) is 29.2 Å². The fraction of sp³-hybridized carbons (Fsp3) is 0.100. The van der Waals surface area contributed by atoms with Gasteiger partial charge in [-0.3, -0.25) is 0 Å². The molecule has 0 bridgehead atoms. The first-order valence-electron chi connectivity index (χ1n) is 4.11. The van der Waals surface area contributed by atoms with Crippen molar-refractivity contribution in [3.63, 3.8) is 0 Å². The molecule has 1 aromatic carbocycles. The third kappa shape index (κ3) is 2.56. The number of halogens is 1. The van der Waals surface area contributed by atoms with Gasteiger partial charge in [0.25, 0.3) is 0 Å². The summed E-state index contributed by atoms with van der Waals surface area (Å²) in [6.07, 6.45) is 1.73. The van der Waals surface area contributed by atoms with Crippen LogP contribution in [0.1, 0.15) is 5.56 Å². The highest BCUT2D eigenvalue weighted by molar-refractivity contribution is 9.10. The minimum Gasteiger partial charge on any atom is -0.486 e. The average Bonchev–Trinajstić information content (AvgIpc) is 2.70. The van der Waals surface area contributed by atoms with Crippen LogP contribution >= 0.6 is 27.5 Å². The first-order chi connectivity index (χ1) is 6.84. The summed E-state index contributed by atoms with van der Waals surface area (Å²) in [6.45, 7) is 0.589. The smallest absolute Gasteiger partial charge is 0.150 e. The third-order valence-electron chi connectivity index (χ3n) is 1.73. The SMILES string of the molecule is Brc1ccc(COc2cnsc2)cc1. The molecular weight excluding hydrogens is 262 g/mol. The molecule has 72 valence electrons. The van der Waals surface area contributed by atoms with E-state index in [0.29, 0.717) is 6.61 Å². The summed E-state index contributed by atoms with van der Waals surface area (Å²) in [5.41, 5.74) is 1.15. The Labute approximate surface area is 94.8 Å². The van der Waals surface area contributed by atoms with E-state index in [1.54, 1.807) is 6.20 Å². The number of hydrogen-bond donors (Lipinski definition) is 0. The van der Waals surface area contributed by atoms with Crippen LogP contribution in [0.2, 0.25) is 0 Å². The molecule has 2 nitrogen and oxygen atoms in total. The minimum absolute atomic E-state index is 0.589. The Hall–Kier alpha value is -0.870. The van der Waals surface area contributed by atoms with Crippen molar-refractivity contribution in [1.82, 2.24) is 4.37 Å². The Bertz CT molecular complexity index is 385. The van der Waals surface area contributed by atoms with Gasteiger partial charge in [0, 0.05) is 4.47 Å². The zero-order chi connectivity index (χ0) is 9.80. The fourth-order valence-electron chi connectivity index (χ4n) is 1.01. The second kappa shape index (κ2) is 4.57. The van der Waals surface area contributed by atoms with Crippen molar-refractivity contribution >= 4 is 27.5 Å². The first kappa shape index (κ1) is 9.68. The maximum atomic E-state index is 5.50. The molecule has 2 aromatic rings. The molecule has 1 aromatic heterocycles. The van der Waals surface area contributed by atoms with Gasteiger partial charge in [0.05, 0.1) is 11.6 Å². The summed E-state index contributed by atoms with van der Waals surface area (Å²) in [4.78, 5) is 0. The third-order valence-corrected chi connectivity index (χ3v) is 2.82. The molecule has 0 radical (unpaired) electrons. The summed E-state index contributed by atoms with van der Waals surface area (Å²) in [5, 5.41) is 1.89. The van der Waals surface area contributed by atoms with Gasteiger partial charge in [0.2, 0.25) is 0 Å². The van der Waals surface area contributed by atoms with Crippen LogP contribution in [-0.2, 0) is 6.61 Å². The minimum atomic E-state index is 0.589. The summed E-state index contributed by atoms with van der Waals surface area (Å²) < 4.78 is 10.5. The highest BCUT2D eigenvalue weighted by atomic mass is 79.9. The lowest BCUT2D eigenvalue weighted by atomic mass is 10.2. The molecule has 0 saturated carbocycles. The zero-order valence-electron chi connectivity index (χ0n) is 7.31. The van der Waals surface area contributed by atoms with Crippen LogP contribution in [0, 0.1) is 0 Å². The molecule has 14 heavy (non-hydrogen) atoms. The summed E-state index contributed by atoms with van der Waals surface area (Å²) in [5.74, 6) is 0.831. The Morgan fingerprint density at radius 2 is 2.07 bits per heavy atom. The van der Waals surface area contributed by atoms with Gasteiger partial charge in [-0.2, -0.15) is 4.37 Å². The lowest BCUT2D eigenvalue weighted by molar-refractivity contribution is 0.307. The Morgan fingerprint density at radius 3 is 2.71 bits per heavy atom. The standard InChI is InChI=1S/C10H8BrNOS/c11-9-3-1-8(2-4-9)6-13-10-5-12-14-7-10/h1-5,7H,6H2. The molecule has 2 rings (SSSR count). The molecule has 0 saturated heterocycles. The maximum absolute atomic E-state index is 5.50. The van der Waals surface area contributed by atoms with Crippen LogP contribution in [0.5, 0.6) is 5.75 Å². The van der Waals surface area contributed by atoms with Crippen LogP contribution in [0.3, 0.4) is 0 Å². The number of aromatic nitrogens is 1. The van der Waals surface area contributed by atoms with E-state index in [2.05, 4.69) is 20.3 Å². The lowest BCUT2D eigenvalue weighted by Crippen LogP contribution is -1.93. The maximum Gasteiger partial charge on any atom is 0.150 e. The highest BCUT2D eigenvalue weighted by Gasteiger charge is 1.96. The van der Waals surface area contributed by atoms with Crippen molar-refractivity contribution in [2.45, 2.75) is 6.61 Å². The molecule has 0 amide bonds. The predicted molar refractivity (Wildman–Crippen MR) is 60.6 cm³/mol. The topological polar surface area (TPSA) is 22.1 Å². The van der Waals surface area contributed by atoms with Crippen LogP contribution in [0.15, 0.2) is 40.3 Å². The highest BCUT2D eigenvalue weighted by Crippen LogP contribution is 2.15. The molecule has 0 N–H and O–H groups in total. The fourth-order valence-corrected chi connectivity index (χ4v) is 1.74. The van der Waals surface area contributed by atoms with Crippen molar-refractivity contribution in [2.24, 2.45) is 0 Å². The molecule has 0 unspecified atom stereocenters. The molecule has 0 fully saturated rings. The number of hydrogen-bond acceptors (Lipinski definition) is 3. The number of nitrogens with zero attached hydrogens (tertiary/aromatic N) is 1. The van der Waals surface area contributed by atoms with Gasteiger partial charge in [-0.25, -0.2) is 0 Å². The number of rotatable bonds is 3. The van der Waals surface area contributed by atoms with Gasteiger partial charge < -0.3 is 4.74 Å². The quantitative estimate of drug-likeness (QED) is 0.851. The van der Waals surface area contributed by atoms with E-state index >= 15 is 0 Å². The van der Waals surface area contributed by atoms with Crippen LogP contribution in [0.4, 0.5) is 0 Å².